The lowest BCUT2D eigenvalue weighted by molar-refractivity contribution is 0.0933. The van der Waals surface area contributed by atoms with E-state index in [0.29, 0.717) is 12.2 Å². The largest absolute Gasteiger partial charge is 0.357 e. The van der Waals surface area contributed by atoms with E-state index in [1.807, 2.05) is 11.6 Å². The van der Waals surface area contributed by atoms with Crippen molar-refractivity contribution in [3.63, 3.8) is 0 Å². The number of likely N-dealkylation sites (N-methyl/N-ethyl adjacent to an activating group) is 1. The van der Waals surface area contributed by atoms with Crippen molar-refractivity contribution in [2.45, 2.75) is 19.8 Å². The molecule has 7 nitrogen and oxygen atoms in total. The summed E-state index contributed by atoms with van der Waals surface area (Å²) in [4.78, 5) is 28.7. The minimum absolute atomic E-state index is 0.0960. The standard InChI is InChI=1S/C21H30N6OS/c1-2-25-11-13-26(14-12-25)10-7-22-20(28)18-16-29-21(24-18)17-5-6-19(23-15-17)27-8-3-4-9-27/h5-6,15-16H,2-4,7-14H2,1H3,(H,22,28). The highest BCUT2D eigenvalue weighted by molar-refractivity contribution is 7.13. The second-order valence-electron chi connectivity index (χ2n) is 7.67. The summed E-state index contributed by atoms with van der Waals surface area (Å²) in [6.07, 6.45) is 4.34. The van der Waals surface area contributed by atoms with Gasteiger partial charge in [-0.2, -0.15) is 0 Å². The first-order chi connectivity index (χ1) is 14.2. The zero-order valence-corrected chi connectivity index (χ0v) is 18.0. The van der Waals surface area contributed by atoms with E-state index in [0.717, 1.165) is 68.7 Å². The van der Waals surface area contributed by atoms with Crippen LogP contribution in [0.1, 0.15) is 30.3 Å². The van der Waals surface area contributed by atoms with Crippen LogP contribution in [0, 0.1) is 0 Å². The van der Waals surface area contributed by atoms with Gasteiger partial charge in [-0.15, -0.1) is 11.3 Å². The maximum Gasteiger partial charge on any atom is 0.270 e. The molecule has 0 spiro atoms. The van der Waals surface area contributed by atoms with E-state index in [1.165, 1.54) is 24.2 Å². The summed E-state index contributed by atoms with van der Waals surface area (Å²) >= 11 is 1.49. The number of hydrogen-bond acceptors (Lipinski definition) is 7. The van der Waals surface area contributed by atoms with Gasteiger partial charge in [-0.05, 0) is 31.5 Å². The van der Waals surface area contributed by atoms with Crippen molar-refractivity contribution in [2.24, 2.45) is 0 Å². The predicted octanol–water partition coefficient (Wildman–Crippen LogP) is 2.17. The summed E-state index contributed by atoms with van der Waals surface area (Å²) in [5.74, 6) is 0.932. The van der Waals surface area contributed by atoms with E-state index in [-0.39, 0.29) is 5.91 Å². The molecule has 0 aromatic carbocycles. The van der Waals surface area contributed by atoms with Crippen molar-refractivity contribution in [3.8, 4) is 10.6 Å². The molecular weight excluding hydrogens is 384 g/mol. The lowest BCUT2D eigenvalue weighted by Crippen LogP contribution is -2.48. The number of piperazine rings is 1. The van der Waals surface area contributed by atoms with Gasteiger partial charge < -0.3 is 15.1 Å². The number of hydrogen-bond donors (Lipinski definition) is 1. The maximum absolute atomic E-state index is 12.4. The van der Waals surface area contributed by atoms with Crippen molar-refractivity contribution in [2.75, 3.05) is 63.8 Å². The fourth-order valence-electron chi connectivity index (χ4n) is 3.90. The number of amides is 1. The molecular formula is C21H30N6OS. The normalized spacial score (nSPS) is 18.3. The summed E-state index contributed by atoms with van der Waals surface area (Å²) in [5.41, 5.74) is 1.45. The molecule has 0 radical (unpaired) electrons. The Morgan fingerprint density at radius 3 is 2.55 bits per heavy atom. The molecule has 0 unspecified atom stereocenters. The van der Waals surface area contributed by atoms with Gasteiger partial charge in [-0.3, -0.25) is 9.69 Å². The second-order valence-corrected chi connectivity index (χ2v) is 8.53. The van der Waals surface area contributed by atoms with Gasteiger partial charge in [0.15, 0.2) is 0 Å². The summed E-state index contributed by atoms with van der Waals surface area (Å²) in [7, 11) is 0. The summed E-state index contributed by atoms with van der Waals surface area (Å²) in [5, 5.41) is 5.68. The molecule has 2 saturated heterocycles. The molecule has 0 aliphatic carbocycles. The van der Waals surface area contributed by atoms with Crippen molar-refractivity contribution < 1.29 is 4.79 Å². The van der Waals surface area contributed by atoms with Crippen LogP contribution in [0.2, 0.25) is 0 Å². The van der Waals surface area contributed by atoms with Crippen LogP contribution < -0.4 is 10.2 Å². The summed E-state index contributed by atoms with van der Waals surface area (Å²) < 4.78 is 0. The molecule has 4 rings (SSSR count). The van der Waals surface area contributed by atoms with Crippen molar-refractivity contribution in [1.82, 2.24) is 25.1 Å². The molecule has 0 atom stereocenters. The minimum atomic E-state index is -0.0960. The monoisotopic (exact) mass is 414 g/mol. The Kier molecular flexibility index (Phi) is 6.74. The number of pyridine rings is 1. The number of carbonyl (C=O) groups excluding carboxylic acids is 1. The van der Waals surface area contributed by atoms with Crippen LogP contribution in [-0.2, 0) is 0 Å². The van der Waals surface area contributed by atoms with Gasteiger partial charge in [-0.25, -0.2) is 9.97 Å². The number of nitrogens with zero attached hydrogens (tertiary/aromatic N) is 5. The van der Waals surface area contributed by atoms with Gasteiger partial charge in [0.2, 0.25) is 0 Å². The average Bonchev–Trinajstić information content (AvgIpc) is 3.47. The Hall–Kier alpha value is -2.03. The first-order valence-electron chi connectivity index (χ1n) is 10.6. The molecule has 2 aromatic heterocycles. The van der Waals surface area contributed by atoms with Crippen LogP contribution in [0.5, 0.6) is 0 Å². The Balaban J connectivity index is 1.26. The molecule has 1 N–H and O–H groups in total. The van der Waals surface area contributed by atoms with Gasteiger partial charge in [0.05, 0.1) is 0 Å². The number of carbonyl (C=O) groups is 1. The molecule has 1 amide bonds. The van der Waals surface area contributed by atoms with Crippen LogP contribution in [0.3, 0.4) is 0 Å². The molecule has 2 aliphatic rings. The maximum atomic E-state index is 12.4. The highest BCUT2D eigenvalue weighted by Gasteiger charge is 2.17. The lowest BCUT2D eigenvalue weighted by Gasteiger charge is -2.33. The number of anilines is 1. The van der Waals surface area contributed by atoms with Crippen molar-refractivity contribution in [1.29, 1.82) is 0 Å². The number of thiazole rings is 1. The van der Waals surface area contributed by atoms with E-state index in [1.54, 1.807) is 0 Å². The highest BCUT2D eigenvalue weighted by atomic mass is 32.1. The quantitative estimate of drug-likeness (QED) is 0.749. The molecule has 0 bridgehead atoms. The molecule has 2 aliphatic heterocycles. The van der Waals surface area contributed by atoms with E-state index in [4.69, 9.17) is 0 Å². The minimum Gasteiger partial charge on any atom is -0.357 e. The van der Waals surface area contributed by atoms with Gasteiger partial charge >= 0.3 is 0 Å². The SMILES string of the molecule is CCN1CCN(CCNC(=O)c2csc(-c3ccc(N4CCCC4)nc3)n2)CC1. The first-order valence-corrected chi connectivity index (χ1v) is 11.5. The summed E-state index contributed by atoms with van der Waals surface area (Å²) in [6.45, 7) is 11.4. The second kappa shape index (κ2) is 9.65. The number of nitrogens with one attached hydrogen (secondary N) is 1. The van der Waals surface area contributed by atoms with Crippen LogP contribution in [-0.4, -0.2) is 84.6 Å². The third-order valence-electron chi connectivity index (χ3n) is 5.79. The highest BCUT2D eigenvalue weighted by Crippen LogP contribution is 2.25. The van der Waals surface area contributed by atoms with Crippen molar-refractivity contribution in [3.05, 3.63) is 29.4 Å². The van der Waals surface area contributed by atoms with E-state index in [2.05, 4.69) is 49.0 Å². The summed E-state index contributed by atoms with van der Waals surface area (Å²) in [6, 6.07) is 4.11. The van der Waals surface area contributed by atoms with E-state index in [9.17, 15) is 4.79 Å². The molecule has 2 aromatic rings. The number of rotatable bonds is 7. The van der Waals surface area contributed by atoms with Gasteiger partial charge in [0, 0.05) is 69.5 Å². The van der Waals surface area contributed by atoms with Crippen LogP contribution in [0.4, 0.5) is 5.82 Å². The molecule has 8 heteroatoms. The Labute approximate surface area is 176 Å². The zero-order valence-electron chi connectivity index (χ0n) is 17.1. The van der Waals surface area contributed by atoms with Crippen LogP contribution in [0.15, 0.2) is 23.7 Å². The van der Waals surface area contributed by atoms with Crippen LogP contribution >= 0.6 is 11.3 Å². The first kappa shape index (κ1) is 20.3. The van der Waals surface area contributed by atoms with E-state index < -0.39 is 0 Å². The zero-order chi connectivity index (χ0) is 20.1. The predicted molar refractivity (Wildman–Crippen MR) is 118 cm³/mol. The fraction of sp³-hybridized carbons (Fsp3) is 0.571. The third-order valence-corrected chi connectivity index (χ3v) is 6.68. The van der Waals surface area contributed by atoms with Gasteiger partial charge in [0.1, 0.15) is 16.5 Å². The topological polar surface area (TPSA) is 64.6 Å². The Morgan fingerprint density at radius 1 is 1.10 bits per heavy atom. The van der Waals surface area contributed by atoms with E-state index >= 15 is 0 Å². The average molecular weight is 415 g/mol. The van der Waals surface area contributed by atoms with Gasteiger partial charge in [0.25, 0.3) is 5.91 Å². The van der Waals surface area contributed by atoms with Crippen molar-refractivity contribution >= 4 is 23.1 Å². The smallest absolute Gasteiger partial charge is 0.270 e. The van der Waals surface area contributed by atoms with Crippen LogP contribution in [0.25, 0.3) is 10.6 Å². The fourth-order valence-corrected chi connectivity index (χ4v) is 4.69. The molecule has 4 heterocycles. The Morgan fingerprint density at radius 2 is 1.86 bits per heavy atom. The molecule has 29 heavy (non-hydrogen) atoms. The molecule has 0 saturated carbocycles. The number of aromatic nitrogens is 2. The molecule has 156 valence electrons. The Bertz CT molecular complexity index is 794. The molecule has 2 fully saturated rings. The van der Waals surface area contributed by atoms with Gasteiger partial charge in [-0.1, -0.05) is 6.92 Å². The third kappa shape index (κ3) is 5.12. The lowest BCUT2D eigenvalue weighted by atomic mass is 10.3.